The normalized spacial score (nSPS) is 12.8. The summed E-state index contributed by atoms with van der Waals surface area (Å²) in [4.78, 5) is 23.8. The lowest BCUT2D eigenvalue weighted by molar-refractivity contribution is -0.142. The van der Waals surface area contributed by atoms with Crippen molar-refractivity contribution in [1.82, 2.24) is 4.90 Å². The Labute approximate surface area is 116 Å². The molecule has 0 aromatic heterocycles. The average Bonchev–Trinajstić information content (AvgIpc) is 2.44. The van der Waals surface area contributed by atoms with Crippen LogP contribution < -0.4 is 9.47 Å². The number of hydrogen-bond donors (Lipinski definition) is 1. The number of carbonyl (C=O) groups is 2. The second kappa shape index (κ2) is 5.64. The SMILES string of the molecule is COc1cccc2c1OCC(C(=O)N(C)CC(=O)O)=C2. The summed E-state index contributed by atoms with van der Waals surface area (Å²) in [7, 11) is 2.99. The lowest BCUT2D eigenvalue weighted by Gasteiger charge is -2.22. The van der Waals surface area contributed by atoms with Gasteiger partial charge in [0.15, 0.2) is 11.5 Å². The first-order valence-corrected chi connectivity index (χ1v) is 6.00. The number of fused-ring (bicyclic) bond motifs is 1. The molecule has 1 aliphatic rings. The number of likely N-dealkylation sites (N-methyl/N-ethyl adjacent to an activating group) is 1. The van der Waals surface area contributed by atoms with Crippen LogP contribution in [0.1, 0.15) is 5.56 Å². The van der Waals surface area contributed by atoms with Gasteiger partial charge in [0.2, 0.25) is 0 Å². The van der Waals surface area contributed by atoms with E-state index in [0.717, 1.165) is 10.5 Å². The lowest BCUT2D eigenvalue weighted by Crippen LogP contribution is -2.34. The van der Waals surface area contributed by atoms with Crippen LogP contribution >= 0.6 is 0 Å². The summed E-state index contributed by atoms with van der Waals surface area (Å²) in [6.45, 7) is -0.253. The van der Waals surface area contributed by atoms with E-state index < -0.39 is 5.97 Å². The Hall–Kier alpha value is -2.50. The Morgan fingerprint density at radius 3 is 2.85 bits per heavy atom. The van der Waals surface area contributed by atoms with Crippen molar-refractivity contribution in [2.75, 3.05) is 27.3 Å². The van der Waals surface area contributed by atoms with E-state index in [4.69, 9.17) is 14.6 Å². The number of nitrogens with zero attached hydrogens (tertiary/aromatic N) is 1. The Morgan fingerprint density at radius 1 is 1.45 bits per heavy atom. The van der Waals surface area contributed by atoms with Crippen LogP contribution in [0.25, 0.3) is 6.08 Å². The smallest absolute Gasteiger partial charge is 0.323 e. The Balaban J connectivity index is 2.25. The molecule has 0 saturated carbocycles. The molecule has 20 heavy (non-hydrogen) atoms. The van der Waals surface area contributed by atoms with Crippen molar-refractivity contribution in [3.05, 3.63) is 29.3 Å². The molecule has 0 aliphatic carbocycles. The van der Waals surface area contributed by atoms with Crippen molar-refractivity contribution < 1.29 is 24.2 Å². The van der Waals surface area contributed by atoms with E-state index in [-0.39, 0.29) is 19.1 Å². The third kappa shape index (κ3) is 2.74. The highest BCUT2D eigenvalue weighted by molar-refractivity contribution is 6.00. The molecule has 0 atom stereocenters. The molecular weight excluding hydrogens is 262 g/mol. The van der Waals surface area contributed by atoms with E-state index in [1.165, 1.54) is 7.05 Å². The molecule has 0 spiro atoms. The van der Waals surface area contributed by atoms with Crippen LogP contribution in [-0.4, -0.2) is 49.2 Å². The number of aliphatic carboxylic acids is 1. The summed E-state index contributed by atoms with van der Waals surface area (Å²) < 4.78 is 10.7. The van der Waals surface area contributed by atoms with Crippen LogP contribution in [0.15, 0.2) is 23.8 Å². The molecule has 6 nitrogen and oxygen atoms in total. The molecule has 1 aromatic rings. The first-order valence-electron chi connectivity index (χ1n) is 6.00. The fraction of sp³-hybridized carbons (Fsp3) is 0.286. The second-order valence-electron chi connectivity index (χ2n) is 4.39. The summed E-state index contributed by atoms with van der Waals surface area (Å²) in [6, 6.07) is 5.38. The number of benzene rings is 1. The Bertz CT molecular complexity index is 579. The van der Waals surface area contributed by atoms with Crippen molar-refractivity contribution in [2.24, 2.45) is 0 Å². The van der Waals surface area contributed by atoms with Crippen molar-refractivity contribution >= 4 is 18.0 Å². The molecule has 1 aliphatic heterocycles. The van der Waals surface area contributed by atoms with Crippen LogP contribution in [0.4, 0.5) is 0 Å². The van der Waals surface area contributed by atoms with Gasteiger partial charge in [-0.1, -0.05) is 12.1 Å². The van der Waals surface area contributed by atoms with Gasteiger partial charge in [0, 0.05) is 12.6 Å². The van der Waals surface area contributed by atoms with E-state index in [1.54, 1.807) is 25.3 Å². The number of carboxylic acids is 1. The van der Waals surface area contributed by atoms with Crippen molar-refractivity contribution in [1.29, 1.82) is 0 Å². The standard InChI is InChI=1S/C14H15NO5/c1-15(7-12(16)17)14(18)10-6-9-4-3-5-11(19-2)13(9)20-8-10/h3-6H,7-8H2,1-2H3,(H,16,17). The van der Waals surface area contributed by atoms with Gasteiger partial charge in [0.05, 0.1) is 12.7 Å². The molecule has 1 heterocycles. The molecule has 0 radical (unpaired) electrons. The van der Waals surface area contributed by atoms with E-state index in [1.807, 2.05) is 6.07 Å². The maximum absolute atomic E-state index is 12.1. The average molecular weight is 277 g/mol. The number of methoxy groups -OCH3 is 1. The molecule has 0 saturated heterocycles. The van der Waals surface area contributed by atoms with Crippen LogP contribution in [0.3, 0.4) is 0 Å². The topological polar surface area (TPSA) is 76.1 Å². The maximum Gasteiger partial charge on any atom is 0.323 e. The number of amides is 1. The molecule has 0 fully saturated rings. The van der Waals surface area contributed by atoms with Crippen molar-refractivity contribution in [3.8, 4) is 11.5 Å². The van der Waals surface area contributed by atoms with Crippen LogP contribution in [0, 0.1) is 0 Å². The highest BCUT2D eigenvalue weighted by Crippen LogP contribution is 2.35. The van der Waals surface area contributed by atoms with E-state index >= 15 is 0 Å². The highest BCUT2D eigenvalue weighted by Gasteiger charge is 2.23. The fourth-order valence-corrected chi connectivity index (χ4v) is 1.98. The van der Waals surface area contributed by atoms with Gasteiger partial charge in [-0.25, -0.2) is 0 Å². The zero-order valence-electron chi connectivity index (χ0n) is 11.3. The second-order valence-corrected chi connectivity index (χ2v) is 4.39. The van der Waals surface area contributed by atoms with Gasteiger partial charge < -0.3 is 19.5 Å². The Morgan fingerprint density at radius 2 is 2.20 bits per heavy atom. The quantitative estimate of drug-likeness (QED) is 0.889. The van der Waals surface area contributed by atoms with Gasteiger partial charge in [-0.15, -0.1) is 0 Å². The number of ether oxygens (including phenoxy) is 2. The van der Waals surface area contributed by atoms with Gasteiger partial charge in [-0.3, -0.25) is 9.59 Å². The number of carboxylic acid groups (broad SMARTS) is 1. The van der Waals surface area contributed by atoms with Crippen LogP contribution in [0.5, 0.6) is 11.5 Å². The molecule has 1 amide bonds. The number of hydrogen-bond acceptors (Lipinski definition) is 4. The van der Waals surface area contributed by atoms with Gasteiger partial charge in [-0.2, -0.15) is 0 Å². The molecule has 0 unspecified atom stereocenters. The first-order chi connectivity index (χ1) is 9.52. The van der Waals surface area contributed by atoms with E-state index in [0.29, 0.717) is 17.1 Å². The van der Waals surface area contributed by atoms with E-state index in [9.17, 15) is 9.59 Å². The predicted molar refractivity (Wildman–Crippen MR) is 71.7 cm³/mol. The van der Waals surface area contributed by atoms with Gasteiger partial charge in [-0.05, 0) is 12.1 Å². The highest BCUT2D eigenvalue weighted by atomic mass is 16.5. The molecule has 0 bridgehead atoms. The molecule has 1 N–H and O–H groups in total. The summed E-state index contributed by atoms with van der Waals surface area (Å²) in [6.07, 6.45) is 1.70. The molecule has 1 aromatic carbocycles. The van der Waals surface area contributed by atoms with Gasteiger partial charge in [0.1, 0.15) is 13.2 Å². The summed E-state index contributed by atoms with van der Waals surface area (Å²) in [5.74, 6) is -0.224. The summed E-state index contributed by atoms with van der Waals surface area (Å²) in [5.41, 5.74) is 1.15. The zero-order valence-corrected chi connectivity index (χ0v) is 11.3. The zero-order chi connectivity index (χ0) is 14.7. The maximum atomic E-state index is 12.1. The summed E-state index contributed by atoms with van der Waals surface area (Å²) >= 11 is 0. The lowest BCUT2D eigenvalue weighted by atomic mass is 10.1. The van der Waals surface area contributed by atoms with Crippen molar-refractivity contribution in [2.45, 2.75) is 0 Å². The minimum atomic E-state index is -1.06. The monoisotopic (exact) mass is 277 g/mol. The third-order valence-electron chi connectivity index (χ3n) is 2.92. The largest absolute Gasteiger partial charge is 0.493 e. The predicted octanol–water partition coefficient (Wildman–Crippen LogP) is 1.01. The molecular formula is C14H15NO5. The van der Waals surface area contributed by atoms with Gasteiger partial charge in [0.25, 0.3) is 5.91 Å². The number of rotatable bonds is 4. The minimum Gasteiger partial charge on any atom is -0.493 e. The first kappa shape index (κ1) is 13.9. The van der Waals surface area contributed by atoms with Crippen LogP contribution in [0.2, 0.25) is 0 Å². The van der Waals surface area contributed by atoms with Crippen LogP contribution in [-0.2, 0) is 9.59 Å². The van der Waals surface area contributed by atoms with Crippen molar-refractivity contribution in [3.63, 3.8) is 0 Å². The number of para-hydroxylation sites is 1. The molecule has 106 valence electrons. The molecule has 2 rings (SSSR count). The minimum absolute atomic E-state index is 0.0934. The molecule has 6 heteroatoms. The fourth-order valence-electron chi connectivity index (χ4n) is 1.98. The Kier molecular flexibility index (Phi) is 3.93. The van der Waals surface area contributed by atoms with Gasteiger partial charge >= 0.3 is 5.97 Å². The number of carbonyl (C=O) groups excluding carboxylic acids is 1. The third-order valence-corrected chi connectivity index (χ3v) is 2.92. The summed E-state index contributed by atoms with van der Waals surface area (Å²) in [5, 5.41) is 8.70. The van der Waals surface area contributed by atoms with E-state index in [2.05, 4.69) is 0 Å².